The highest BCUT2D eigenvalue weighted by Gasteiger charge is 2.22. The lowest BCUT2D eigenvalue weighted by Gasteiger charge is -2.31. The van der Waals surface area contributed by atoms with E-state index in [0.717, 1.165) is 60.5 Å². The molecule has 0 spiro atoms. The number of carbonyl (C=O) groups excluding carboxylic acids is 2. The third-order valence-electron chi connectivity index (χ3n) is 6.23. The zero-order chi connectivity index (χ0) is 22.5. The number of amides is 2. The lowest BCUT2D eigenvalue weighted by atomic mass is 10.1. The Hall–Kier alpha value is -2.87. The Labute approximate surface area is 189 Å². The number of carbonyl (C=O) groups is 2. The van der Waals surface area contributed by atoms with E-state index in [0.29, 0.717) is 39.3 Å². The van der Waals surface area contributed by atoms with Gasteiger partial charge in [-0.2, -0.15) is 0 Å². The fraction of sp³-hybridized carbons (Fsp3) is 0.542. The van der Waals surface area contributed by atoms with Crippen molar-refractivity contribution >= 4 is 28.5 Å². The number of pyridine rings is 1. The normalized spacial score (nSPS) is 16.6. The lowest BCUT2D eigenvalue weighted by Crippen LogP contribution is -2.38. The Balaban J connectivity index is 1.56. The molecule has 3 heterocycles. The van der Waals surface area contributed by atoms with Crippen LogP contribution in [0.3, 0.4) is 0 Å². The number of aromatic nitrogens is 1. The second kappa shape index (κ2) is 10.2. The van der Waals surface area contributed by atoms with E-state index >= 15 is 0 Å². The summed E-state index contributed by atoms with van der Waals surface area (Å²) in [5.74, 6) is 1.92. The summed E-state index contributed by atoms with van der Waals surface area (Å²) < 4.78 is 10.9. The van der Waals surface area contributed by atoms with Crippen molar-refractivity contribution in [3.8, 4) is 5.75 Å². The quantitative estimate of drug-likeness (QED) is 0.628. The topological polar surface area (TPSA) is 75.2 Å². The predicted octanol–water partition coefficient (Wildman–Crippen LogP) is 2.44. The minimum Gasteiger partial charge on any atom is -0.497 e. The first-order valence-electron chi connectivity index (χ1n) is 11.4. The van der Waals surface area contributed by atoms with Gasteiger partial charge in [0, 0.05) is 69.6 Å². The minimum absolute atomic E-state index is 0.0282. The van der Waals surface area contributed by atoms with Gasteiger partial charge in [0.2, 0.25) is 11.8 Å². The van der Waals surface area contributed by atoms with Gasteiger partial charge in [-0.3, -0.25) is 9.59 Å². The second-order valence-corrected chi connectivity index (χ2v) is 8.41. The van der Waals surface area contributed by atoms with Crippen molar-refractivity contribution in [3.05, 3.63) is 29.8 Å². The van der Waals surface area contributed by atoms with Crippen LogP contribution in [0.5, 0.6) is 5.75 Å². The van der Waals surface area contributed by atoms with Gasteiger partial charge in [-0.15, -0.1) is 0 Å². The van der Waals surface area contributed by atoms with Gasteiger partial charge in [0.25, 0.3) is 0 Å². The highest BCUT2D eigenvalue weighted by Crippen LogP contribution is 2.28. The van der Waals surface area contributed by atoms with Crippen LogP contribution in [-0.2, 0) is 20.9 Å². The van der Waals surface area contributed by atoms with Gasteiger partial charge in [0.05, 0.1) is 25.8 Å². The third-order valence-corrected chi connectivity index (χ3v) is 6.23. The molecular weight excluding hydrogens is 408 g/mol. The number of rotatable bonds is 8. The summed E-state index contributed by atoms with van der Waals surface area (Å²) in [6.07, 6.45) is 2.36. The molecule has 8 nitrogen and oxygen atoms in total. The molecular formula is C24H32N4O4. The maximum absolute atomic E-state index is 12.4. The molecule has 2 aliphatic rings. The molecule has 0 bridgehead atoms. The molecule has 2 amide bonds. The number of nitrogens with zero attached hydrogens (tertiary/aromatic N) is 4. The summed E-state index contributed by atoms with van der Waals surface area (Å²) in [7, 11) is 1.65. The largest absolute Gasteiger partial charge is 0.497 e. The Morgan fingerprint density at radius 3 is 2.72 bits per heavy atom. The van der Waals surface area contributed by atoms with Gasteiger partial charge in [0.15, 0.2) is 0 Å². The molecule has 0 aliphatic carbocycles. The molecule has 0 N–H and O–H groups in total. The Morgan fingerprint density at radius 1 is 1.22 bits per heavy atom. The van der Waals surface area contributed by atoms with Crippen molar-refractivity contribution in [2.75, 3.05) is 57.9 Å². The van der Waals surface area contributed by atoms with E-state index in [1.54, 1.807) is 14.0 Å². The van der Waals surface area contributed by atoms with Gasteiger partial charge in [0.1, 0.15) is 11.6 Å². The van der Waals surface area contributed by atoms with E-state index in [2.05, 4.69) is 11.0 Å². The number of anilines is 1. The molecule has 0 radical (unpaired) electrons. The van der Waals surface area contributed by atoms with Crippen molar-refractivity contribution < 1.29 is 19.1 Å². The number of methoxy groups -OCH3 is 1. The number of benzene rings is 1. The zero-order valence-electron chi connectivity index (χ0n) is 19.0. The van der Waals surface area contributed by atoms with Crippen molar-refractivity contribution in [2.45, 2.75) is 32.7 Å². The summed E-state index contributed by atoms with van der Waals surface area (Å²) in [5, 5.41) is 1.02. The zero-order valence-corrected chi connectivity index (χ0v) is 19.0. The van der Waals surface area contributed by atoms with Crippen molar-refractivity contribution in [3.63, 3.8) is 0 Å². The van der Waals surface area contributed by atoms with Gasteiger partial charge in [-0.25, -0.2) is 4.98 Å². The Kier molecular flexibility index (Phi) is 7.09. The SMILES string of the molecule is COc1ccc2cc(CN(CCCN3CCCC3=O)C(C)=O)c(N3CCOCC3)nc2c1. The first-order chi connectivity index (χ1) is 15.5. The number of morpholine rings is 1. The Morgan fingerprint density at radius 2 is 2.03 bits per heavy atom. The van der Waals surface area contributed by atoms with Crippen LogP contribution in [0.15, 0.2) is 24.3 Å². The number of likely N-dealkylation sites (tertiary alicyclic amines) is 1. The molecule has 0 unspecified atom stereocenters. The molecule has 2 aromatic rings. The smallest absolute Gasteiger partial charge is 0.222 e. The molecule has 2 fully saturated rings. The second-order valence-electron chi connectivity index (χ2n) is 8.41. The van der Waals surface area contributed by atoms with Gasteiger partial charge in [-0.05, 0) is 31.0 Å². The van der Waals surface area contributed by atoms with Crippen LogP contribution in [0.1, 0.15) is 31.7 Å². The van der Waals surface area contributed by atoms with Crippen molar-refractivity contribution in [2.24, 2.45) is 0 Å². The van der Waals surface area contributed by atoms with Crippen LogP contribution < -0.4 is 9.64 Å². The number of fused-ring (bicyclic) bond motifs is 1. The number of hydrogen-bond donors (Lipinski definition) is 0. The monoisotopic (exact) mass is 440 g/mol. The van der Waals surface area contributed by atoms with Crippen LogP contribution in [0.25, 0.3) is 10.9 Å². The number of hydrogen-bond acceptors (Lipinski definition) is 6. The van der Waals surface area contributed by atoms with E-state index in [9.17, 15) is 9.59 Å². The summed E-state index contributed by atoms with van der Waals surface area (Å²) in [5.41, 5.74) is 1.90. The summed E-state index contributed by atoms with van der Waals surface area (Å²) >= 11 is 0. The first-order valence-corrected chi connectivity index (χ1v) is 11.4. The Bertz CT molecular complexity index is 974. The molecule has 0 saturated carbocycles. The minimum atomic E-state index is 0.0282. The van der Waals surface area contributed by atoms with Crippen LogP contribution >= 0.6 is 0 Å². The standard InChI is InChI=1S/C24H32N4O4/c1-18(29)28(10-4-9-26-8-3-5-23(26)30)17-20-15-19-6-7-21(31-2)16-22(19)25-24(20)27-11-13-32-14-12-27/h6-7,15-16H,3-5,8-14,17H2,1-2H3. The molecule has 4 rings (SSSR count). The van der Waals surface area contributed by atoms with Crippen molar-refractivity contribution in [1.82, 2.24) is 14.8 Å². The van der Waals surface area contributed by atoms with Gasteiger partial charge in [-0.1, -0.05) is 0 Å². The molecule has 1 aromatic carbocycles. The van der Waals surface area contributed by atoms with Crippen LogP contribution in [-0.4, -0.2) is 79.6 Å². The van der Waals surface area contributed by atoms with E-state index in [1.807, 2.05) is 28.0 Å². The maximum atomic E-state index is 12.4. The predicted molar refractivity (Wildman–Crippen MR) is 123 cm³/mol. The van der Waals surface area contributed by atoms with E-state index in [1.165, 1.54) is 0 Å². The fourth-order valence-electron chi connectivity index (χ4n) is 4.42. The van der Waals surface area contributed by atoms with Crippen molar-refractivity contribution in [1.29, 1.82) is 0 Å². The van der Waals surface area contributed by atoms with Gasteiger partial charge < -0.3 is 24.2 Å². The molecule has 1 aromatic heterocycles. The van der Waals surface area contributed by atoms with E-state index in [4.69, 9.17) is 14.5 Å². The summed E-state index contributed by atoms with van der Waals surface area (Å²) in [4.78, 5) is 35.3. The summed E-state index contributed by atoms with van der Waals surface area (Å²) in [6.45, 7) is 7.11. The first kappa shape index (κ1) is 22.3. The third kappa shape index (κ3) is 5.12. The molecule has 8 heteroatoms. The summed E-state index contributed by atoms with van der Waals surface area (Å²) in [6, 6.07) is 8.01. The fourth-order valence-corrected chi connectivity index (χ4v) is 4.42. The molecule has 172 valence electrons. The maximum Gasteiger partial charge on any atom is 0.222 e. The van der Waals surface area contributed by atoms with Crippen LogP contribution in [0, 0.1) is 0 Å². The van der Waals surface area contributed by atoms with Crippen LogP contribution in [0.4, 0.5) is 5.82 Å². The lowest BCUT2D eigenvalue weighted by molar-refractivity contribution is -0.129. The van der Waals surface area contributed by atoms with Gasteiger partial charge >= 0.3 is 0 Å². The van der Waals surface area contributed by atoms with E-state index in [-0.39, 0.29) is 11.8 Å². The average molecular weight is 441 g/mol. The average Bonchev–Trinajstić information content (AvgIpc) is 3.22. The van der Waals surface area contributed by atoms with E-state index < -0.39 is 0 Å². The van der Waals surface area contributed by atoms with Crippen LogP contribution in [0.2, 0.25) is 0 Å². The molecule has 2 aliphatic heterocycles. The molecule has 2 saturated heterocycles. The molecule has 0 atom stereocenters. The molecule has 32 heavy (non-hydrogen) atoms. The highest BCUT2D eigenvalue weighted by atomic mass is 16.5. The highest BCUT2D eigenvalue weighted by molar-refractivity contribution is 5.83. The number of ether oxygens (including phenoxy) is 2.